The molecule has 2 amide bonds. The lowest BCUT2D eigenvalue weighted by Gasteiger charge is -2.08. The number of amides is 2. The first kappa shape index (κ1) is 19.8. The van der Waals surface area contributed by atoms with Crippen LogP contribution in [0.3, 0.4) is 0 Å². The summed E-state index contributed by atoms with van der Waals surface area (Å²) in [5.74, 6) is -5.61. The highest BCUT2D eigenvalue weighted by Crippen LogP contribution is 2.19. The molecule has 0 aromatic heterocycles. The number of carbonyl (C=O) groups is 2. The summed E-state index contributed by atoms with van der Waals surface area (Å²) in [6, 6.07) is 8.86. The first-order chi connectivity index (χ1) is 12.4. The van der Waals surface area contributed by atoms with E-state index in [0.29, 0.717) is 23.9 Å². The van der Waals surface area contributed by atoms with E-state index >= 15 is 0 Å². The Balaban J connectivity index is 1.72. The zero-order valence-corrected chi connectivity index (χ0v) is 14.4. The van der Waals surface area contributed by atoms with Gasteiger partial charge < -0.3 is 10.6 Å². The Bertz CT molecular complexity index is 798. The molecule has 4 nitrogen and oxygen atoms in total. The third-order valence-electron chi connectivity index (χ3n) is 3.54. The van der Waals surface area contributed by atoms with Gasteiger partial charge in [0, 0.05) is 11.4 Å². The summed E-state index contributed by atoms with van der Waals surface area (Å²) in [7, 11) is 0. The minimum atomic E-state index is -1.67. The molecular formula is C18H16ClF3N2O2. The largest absolute Gasteiger partial charge is 0.347 e. The van der Waals surface area contributed by atoms with Crippen LogP contribution in [0.4, 0.5) is 18.9 Å². The summed E-state index contributed by atoms with van der Waals surface area (Å²) >= 11 is 5.79. The van der Waals surface area contributed by atoms with Crippen LogP contribution in [-0.2, 0) is 16.0 Å². The minimum absolute atomic E-state index is 0.204. The fourth-order valence-corrected chi connectivity index (χ4v) is 2.31. The lowest BCUT2D eigenvalue weighted by atomic mass is 10.1. The molecule has 2 rings (SSSR count). The summed E-state index contributed by atoms with van der Waals surface area (Å²) in [6.07, 6.45) is 1.46. The number of carbonyl (C=O) groups excluding carboxylic acids is 2. The standard InChI is InChI=1S/C18H16ClF3N2O2/c19-12-6-4-11(5-7-12)2-1-3-15(25)23-10-16(26)24-14-9-8-13(20)17(21)18(14)22/h4-9H,1-3,10H2,(H,23,25)(H,24,26). The first-order valence-electron chi connectivity index (χ1n) is 7.81. The van der Waals surface area contributed by atoms with Gasteiger partial charge in [0.05, 0.1) is 12.2 Å². The minimum Gasteiger partial charge on any atom is -0.347 e. The lowest BCUT2D eigenvalue weighted by Crippen LogP contribution is -2.33. The van der Waals surface area contributed by atoms with Crippen LogP contribution in [0, 0.1) is 17.5 Å². The Kier molecular flexibility index (Phi) is 7.03. The maximum Gasteiger partial charge on any atom is 0.243 e. The number of anilines is 1. The Morgan fingerprint density at radius 3 is 2.31 bits per heavy atom. The monoisotopic (exact) mass is 384 g/mol. The highest BCUT2D eigenvalue weighted by Gasteiger charge is 2.15. The van der Waals surface area contributed by atoms with E-state index in [4.69, 9.17) is 11.6 Å². The SMILES string of the molecule is O=C(CCCc1ccc(Cl)cc1)NCC(=O)Nc1ccc(F)c(F)c1F. The van der Waals surface area contributed by atoms with E-state index in [1.807, 2.05) is 12.1 Å². The Labute approximate surface area is 153 Å². The third-order valence-corrected chi connectivity index (χ3v) is 3.79. The number of benzene rings is 2. The second-order valence-corrected chi connectivity index (χ2v) is 5.96. The molecule has 138 valence electrons. The summed E-state index contributed by atoms with van der Waals surface area (Å²) < 4.78 is 39.3. The highest BCUT2D eigenvalue weighted by molar-refractivity contribution is 6.30. The van der Waals surface area contributed by atoms with Gasteiger partial charge in [-0.25, -0.2) is 13.2 Å². The van der Waals surface area contributed by atoms with Gasteiger partial charge in [-0.3, -0.25) is 9.59 Å². The van der Waals surface area contributed by atoms with Gasteiger partial charge in [-0.2, -0.15) is 0 Å². The van der Waals surface area contributed by atoms with E-state index in [1.165, 1.54) is 0 Å². The van der Waals surface area contributed by atoms with Gasteiger partial charge in [-0.05, 0) is 42.7 Å². The van der Waals surface area contributed by atoms with E-state index in [-0.39, 0.29) is 12.3 Å². The number of aryl methyl sites for hydroxylation is 1. The molecule has 0 bridgehead atoms. The number of nitrogens with one attached hydrogen (secondary N) is 2. The molecule has 0 atom stereocenters. The highest BCUT2D eigenvalue weighted by atomic mass is 35.5. The van der Waals surface area contributed by atoms with Crippen LogP contribution in [0.1, 0.15) is 18.4 Å². The van der Waals surface area contributed by atoms with E-state index in [2.05, 4.69) is 10.6 Å². The molecule has 2 aromatic carbocycles. The normalized spacial score (nSPS) is 10.5. The molecule has 0 saturated heterocycles. The second kappa shape index (κ2) is 9.24. The van der Waals surface area contributed by atoms with Crippen molar-refractivity contribution in [1.29, 1.82) is 0 Å². The first-order valence-corrected chi connectivity index (χ1v) is 8.19. The van der Waals surface area contributed by atoms with Gasteiger partial charge in [0.15, 0.2) is 17.5 Å². The molecule has 2 N–H and O–H groups in total. The zero-order valence-electron chi connectivity index (χ0n) is 13.6. The average molecular weight is 385 g/mol. The maximum atomic E-state index is 13.4. The molecular weight excluding hydrogens is 369 g/mol. The molecule has 0 heterocycles. The van der Waals surface area contributed by atoms with E-state index in [0.717, 1.165) is 11.6 Å². The van der Waals surface area contributed by atoms with E-state index in [1.54, 1.807) is 12.1 Å². The number of halogens is 4. The maximum absolute atomic E-state index is 13.4. The molecule has 0 aliphatic rings. The van der Waals surface area contributed by atoms with Crippen LogP contribution in [0.25, 0.3) is 0 Å². The van der Waals surface area contributed by atoms with E-state index in [9.17, 15) is 22.8 Å². The molecule has 0 unspecified atom stereocenters. The van der Waals surface area contributed by atoms with Gasteiger partial charge in [-0.1, -0.05) is 23.7 Å². The van der Waals surface area contributed by atoms with Crippen molar-refractivity contribution in [2.75, 3.05) is 11.9 Å². The summed E-state index contributed by atoms with van der Waals surface area (Å²) in [5.41, 5.74) is 0.541. The molecule has 26 heavy (non-hydrogen) atoms. The lowest BCUT2D eigenvalue weighted by molar-refractivity contribution is -0.124. The van der Waals surface area contributed by atoms with Crippen molar-refractivity contribution in [3.63, 3.8) is 0 Å². The van der Waals surface area contributed by atoms with Crippen molar-refractivity contribution < 1.29 is 22.8 Å². The summed E-state index contributed by atoms with van der Waals surface area (Å²) in [6.45, 7) is -0.405. The molecule has 0 fully saturated rings. The predicted molar refractivity (Wildman–Crippen MR) is 92.3 cm³/mol. The van der Waals surface area contributed by atoms with Crippen LogP contribution in [0.2, 0.25) is 5.02 Å². The quantitative estimate of drug-likeness (QED) is 0.713. The van der Waals surface area contributed by atoms with Crippen LogP contribution in [0.5, 0.6) is 0 Å². The van der Waals surface area contributed by atoms with Gasteiger partial charge in [0.25, 0.3) is 0 Å². The third kappa shape index (κ3) is 5.77. The van der Waals surface area contributed by atoms with Crippen molar-refractivity contribution in [3.8, 4) is 0 Å². The van der Waals surface area contributed by atoms with E-state index < -0.39 is 35.6 Å². The van der Waals surface area contributed by atoms with Crippen LogP contribution < -0.4 is 10.6 Å². The second-order valence-electron chi connectivity index (χ2n) is 5.53. The Morgan fingerprint density at radius 2 is 1.62 bits per heavy atom. The molecule has 0 saturated carbocycles. The Morgan fingerprint density at radius 1 is 0.923 bits per heavy atom. The predicted octanol–water partition coefficient (Wildman–Crippen LogP) is 3.83. The number of rotatable bonds is 7. The smallest absolute Gasteiger partial charge is 0.243 e. The molecule has 8 heteroatoms. The van der Waals surface area contributed by atoms with Gasteiger partial charge >= 0.3 is 0 Å². The number of hydrogen-bond donors (Lipinski definition) is 2. The molecule has 0 spiro atoms. The summed E-state index contributed by atoms with van der Waals surface area (Å²) in [5, 5.41) is 5.09. The van der Waals surface area contributed by atoms with Crippen LogP contribution >= 0.6 is 11.6 Å². The topological polar surface area (TPSA) is 58.2 Å². The van der Waals surface area contributed by atoms with Crippen molar-refractivity contribution in [2.24, 2.45) is 0 Å². The average Bonchev–Trinajstić information content (AvgIpc) is 2.62. The van der Waals surface area contributed by atoms with Crippen molar-refractivity contribution in [2.45, 2.75) is 19.3 Å². The van der Waals surface area contributed by atoms with Crippen molar-refractivity contribution in [3.05, 3.63) is 64.4 Å². The van der Waals surface area contributed by atoms with Gasteiger partial charge in [0.1, 0.15) is 0 Å². The molecule has 2 aromatic rings. The van der Waals surface area contributed by atoms with Crippen LogP contribution in [0.15, 0.2) is 36.4 Å². The molecule has 0 radical (unpaired) electrons. The summed E-state index contributed by atoms with van der Waals surface area (Å²) in [4.78, 5) is 23.4. The molecule has 0 aliphatic carbocycles. The fraction of sp³-hybridized carbons (Fsp3) is 0.222. The van der Waals surface area contributed by atoms with Crippen molar-refractivity contribution in [1.82, 2.24) is 5.32 Å². The van der Waals surface area contributed by atoms with Gasteiger partial charge in [-0.15, -0.1) is 0 Å². The van der Waals surface area contributed by atoms with Gasteiger partial charge in [0.2, 0.25) is 11.8 Å². The number of hydrogen-bond acceptors (Lipinski definition) is 2. The van der Waals surface area contributed by atoms with Crippen molar-refractivity contribution >= 4 is 29.1 Å². The fourth-order valence-electron chi connectivity index (χ4n) is 2.19. The Hall–Kier alpha value is -2.54. The molecule has 0 aliphatic heterocycles. The van der Waals surface area contributed by atoms with Crippen LogP contribution in [-0.4, -0.2) is 18.4 Å². The zero-order chi connectivity index (χ0) is 19.1.